The largest absolute Gasteiger partial charge is 0.328 e. The van der Waals surface area contributed by atoms with Gasteiger partial charge >= 0.3 is 0 Å². The minimum Gasteiger partial charge on any atom is -0.328 e. The summed E-state index contributed by atoms with van der Waals surface area (Å²) in [6, 6.07) is 16.8. The molecule has 0 N–H and O–H groups in total. The lowest BCUT2D eigenvalue weighted by atomic mass is 10.3. The number of nitrogens with zero attached hydrogens (tertiary/aromatic N) is 3. The Bertz CT molecular complexity index is 647. The van der Waals surface area contributed by atoms with Gasteiger partial charge in [-0.05, 0) is 24.3 Å². The first-order valence-corrected chi connectivity index (χ1v) is 10.8. The molecule has 1 aliphatic rings. The fraction of sp³-hybridized carbons (Fsp3) is 0.235. The van der Waals surface area contributed by atoms with Crippen LogP contribution in [0.15, 0.2) is 60.9 Å². The van der Waals surface area contributed by atoms with Crippen molar-refractivity contribution in [3.05, 3.63) is 60.9 Å². The number of rotatable bonds is 3. The first-order valence-electron chi connectivity index (χ1n) is 7.28. The van der Waals surface area contributed by atoms with E-state index >= 15 is 0 Å². The first kappa shape index (κ1) is 13.9. The van der Waals surface area contributed by atoms with Crippen LogP contribution in [0.5, 0.6) is 0 Å². The van der Waals surface area contributed by atoms with Crippen molar-refractivity contribution in [3.8, 4) is 0 Å². The van der Waals surface area contributed by atoms with Gasteiger partial charge in [0.15, 0.2) is 0 Å². The lowest BCUT2D eigenvalue weighted by Crippen LogP contribution is -2.40. The van der Waals surface area contributed by atoms with Crippen molar-refractivity contribution >= 4 is 24.9 Å². The number of anilines is 2. The van der Waals surface area contributed by atoms with E-state index < -0.39 is 8.07 Å². The molecule has 2 heterocycles. The molecule has 0 aliphatic carbocycles. The number of pyridine rings is 1. The highest BCUT2D eigenvalue weighted by Crippen LogP contribution is 2.22. The van der Waals surface area contributed by atoms with Crippen LogP contribution in [0.3, 0.4) is 0 Å². The summed E-state index contributed by atoms with van der Waals surface area (Å²) in [6.07, 6.45) is 4.21. The van der Waals surface area contributed by atoms with Gasteiger partial charge in [-0.1, -0.05) is 43.9 Å². The normalized spacial score (nSPS) is 14.8. The fourth-order valence-corrected chi connectivity index (χ4v) is 3.40. The van der Waals surface area contributed by atoms with Crippen LogP contribution >= 0.6 is 0 Å². The zero-order valence-electron chi connectivity index (χ0n) is 12.8. The summed E-state index contributed by atoms with van der Waals surface area (Å²) in [5.74, 6) is 1.03. The molecule has 0 fully saturated rings. The molecule has 1 aromatic carbocycles. The van der Waals surface area contributed by atoms with Gasteiger partial charge in [0.05, 0.1) is 0 Å². The molecule has 108 valence electrons. The molecule has 0 atom stereocenters. The Morgan fingerprint density at radius 3 is 2.29 bits per heavy atom. The summed E-state index contributed by atoms with van der Waals surface area (Å²) in [5, 5.41) is 1.26. The third kappa shape index (κ3) is 3.00. The molecular formula is C17H21N3Si. The van der Waals surface area contributed by atoms with Crippen LogP contribution in [-0.2, 0) is 0 Å². The van der Waals surface area contributed by atoms with Crippen molar-refractivity contribution in [2.24, 2.45) is 0 Å². The zero-order chi connectivity index (χ0) is 14.9. The topological polar surface area (TPSA) is 19.4 Å². The zero-order valence-corrected chi connectivity index (χ0v) is 13.8. The minimum absolute atomic E-state index is 0.812. The SMILES string of the molecule is C[Si](C)(C)c1cccc(N2C=CN(c3ccccc3)C2)n1. The Morgan fingerprint density at radius 1 is 0.857 bits per heavy atom. The molecule has 0 unspecified atom stereocenters. The van der Waals surface area contributed by atoms with Crippen molar-refractivity contribution in [1.29, 1.82) is 0 Å². The summed E-state index contributed by atoms with van der Waals surface area (Å²) in [6.45, 7) is 7.80. The lowest BCUT2D eigenvalue weighted by Gasteiger charge is -2.22. The highest BCUT2D eigenvalue weighted by molar-refractivity contribution is 6.88. The third-order valence-electron chi connectivity index (χ3n) is 3.62. The van der Waals surface area contributed by atoms with E-state index in [-0.39, 0.29) is 0 Å². The molecule has 3 nitrogen and oxygen atoms in total. The van der Waals surface area contributed by atoms with Crippen LogP contribution in [0.4, 0.5) is 11.5 Å². The second-order valence-electron chi connectivity index (χ2n) is 6.35. The van der Waals surface area contributed by atoms with Crippen LogP contribution in [0.25, 0.3) is 0 Å². The maximum atomic E-state index is 4.86. The average Bonchev–Trinajstić information content (AvgIpc) is 2.97. The van der Waals surface area contributed by atoms with E-state index in [4.69, 9.17) is 4.98 Å². The van der Waals surface area contributed by atoms with Gasteiger partial charge in [0.2, 0.25) is 0 Å². The standard InChI is InChI=1S/C17H21N3Si/c1-21(2,3)17-11-7-10-16(18-17)20-13-12-19(14-20)15-8-5-4-6-9-15/h4-13H,14H2,1-3H3. The van der Waals surface area contributed by atoms with Crippen LogP contribution in [-0.4, -0.2) is 19.7 Å². The van der Waals surface area contributed by atoms with Crippen LogP contribution in [0.2, 0.25) is 19.6 Å². The van der Waals surface area contributed by atoms with E-state index in [1.807, 2.05) is 6.07 Å². The van der Waals surface area contributed by atoms with Crippen LogP contribution in [0, 0.1) is 0 Å². The summed E-state index contributed by atoms with van der Waals surface area (Å²) in [5.41, 5.74) is 1.21. The predicted octanol–water partition coefficient (Wildman–Crippen LogP) is 3.38. The third-order valence-corrected chi connectivity index (χ3v) is 5.43. The second-order valence-corrected chi connectivity index (χ2v) is 11.4. The lowest BCUT2D eigenvalue weighted by molar-refractivity contribution is 0.956. The first-order chi connectivity index (χ1) is 10.0. The minimum atomic E-state index is -1.37. The van der Waals surface area contributed by atoms with Crippen molar-refractivity contribution in [1.82, 2.24) is 4.98 Å². The van der Waals surface area contributed by atoms with Gasteiger partial charge < -0.3 is 9.80 Å². The Hall–Kier alpha value is -2.07. The molecule has 4 heteroatoms. The van der Waals surface area contributed by atoms with Gasteiger partial charge in [-0.15, -0.1) is 0 Å². The van der Waals surface area contributed by atoms with Crippen molar-refractivity contribution in [3.63, 3.8) is 0 Å². The molecule has 0 saturated heterocycles. The Kier molecular flexibility index (Phi) is 3.55. The molecule has 21 heavy (non-hydrogen) atoms. The van der Waals surface area contributed by atoms with Gasteiger partial charge in [-0.25, -0.2) is 4.98 Å². The maximum Gasteiger partial charge on any atom is 0.133 e. The van der Waals surface area contributed by atoms with Gasteiger partial charge in [0.1, 0.15) is 20.6 Å². The number of hydrogen-bond donors (Lipinski definition) is 0. The fourth-order valence-electron chi connectivity index (χ4n) is 2.36. The van der Waals surface area contributed by atoms with Crippen LogP contribution < -0.4 is 15.1 Å². The van der Waals surface area contributed by atoms with E-state index in [2.05, 4.69) is 84.3 Å². The van der Waals surface area contributed by atoms with Crippen molar-refractivity contribution in [2.75, 3.05) is 16.5 Å². The van der Waals surface area contributed by atoms with Gasteiger partial charge in [0.25, 0.3) is 0 Å². The quantitative estimate of drug-likeness (QED) is 0.809. The number of hydrogen-bond acceptors (Lipinski definition) is 3. The molecule has 1 aromatic heterocycles. The molecule has 0 amide bonds. The monoisotopic (exact) mass is 295 g/mol. The van der Waals surface area contributed by atoms with E-state index in [9.17, 15) is 0 Å². The van der Waals surface area contributed by atoms with Gasteiger partial charge in [-0.3, -0.25) is 0 Å². The highest BCUT2D eigenvalue weighted by atomic mass is 28.3. The van der Waals surface area contributed by atoms with Crippen LogP contribution in [0.1, 0.15) is 0 Å². The molecule has 0 bridgehead atoms. The number of para-hydroxylation sites is 1. The van der Waals surface area contributed by atoms with Crippen molar-refractivity contribution in [2.45, 2.75) is 19.6 Å². The molecular weight excluding hydrogens is 274 g/mol. The molecule has 3 rings (SSSR count). The van der Waals surface area contributed by atoms with E-state index in [1.165, 1.54) is 11.0 Å². The van der Waals surface area contributed by atoms with Gasteiger partial charge in [-0.2, -0.15) is 0 Å². The molecule has 0 radical (unpaired) electrons. The van der Waals surface area contributed by atoms with Crippen molar-refractivity contribution < 1.29 is 0 Å². The Morgan fingerprint density at radius 2 is 1.57 bits per heavy atom. The van der Waals surface area contributed by atoms with Gasteiger partial charge in [0, 0.05) is 23.4 Å². The summed E-state index contributed by atoms with van der Waals surface area (Å²) >= 11 is 0. The number of aromatic nitrogens is 1. The average molecular weight is 295 g/mol. The summed E-state index contributed by atoms with van der Waals surface area (Å²) < 4.78 is 0. The predicted molar refractivity (Wildman–Crippen MR) is 92.6 cm³/mol. The van der Waals surface area contributed by atoms with E-state index in [0.717, 1.165) is 12.5 Å². The Labute approximate surface area is 127 Å². The smallest absolute Gasteiger partial charge is 0.133 e. The Balaban J connectivity index is 1.80. The highest BCUT2D eigenvalue weighted by Gasteiger charge is 2.21. The van der Waals surface area contributed by atoms with E-state index in [1.54, 1.807) is 0 Å². The molecule has 2 aromatic rings. The number of benzene rings is 1. The molecule has 0 spiro atoms. The maximum absolute atomic E-state index is 4.86. The molecule has 0 saturated carbocycles. The summed E-state index contributed by atoms with van der Waals surface area (Å²) in [7, 11) is -1.37. The second kappa shape index (κ2) is 5.37. The summed E-state index contributed by atoms with van der Waals surface area (Å²) in [4.78, 5) is 9.28. The van der Waals surface area contributed by atoms with E-state index in [0.29, 0.717) is 0 Å². The molecule has 1 aliphatic heterocycles.